The normalized spacial score (nSPS) is 21.7. The van der Waals surface area contributed by atoms with Crippen LogP contribution in [0.2, 0.25) is 0 Å². The Balaban J connectivity index is 1.15. The van der Waals surface area contributed by atoms with Crippen molar-refractivity contribution in [1.29, 1.82) is 0 Å². The maximum absolute atomic E-state index is 12.0. The number of carbonyl (C=O) groups is 1. The highest BCUT2D eigenvalue weighted by molar-refractivity contribution is 5.76. The quantitative estimate of drug-likeness (QED) is 0.786. The number of piperidine rings is 1. The number of imidazole rings is 1. The number of nitrogens with one attached hydrogen (secondary N) is 2. The monoisotopic (exact) mass is 370 g/mol. The number of likely N-dealkylation sites (tertiary alicyclic amines) is 1. The molecule has 146 valence electrons. The smallest absolute Gasteiger partial charge is 0.220 e. The minimum atomic E-state index is 0.176. The Hall–Kier alpha value is -1.92. The molecule has 27 heavy (non-hydrogen) atoms. The van der Waals surface area contributed by atoms with Gasteiger partial charge in [0, 0.05) is 19.6 Å². The van der Waals surface area contributed by atoms with Crippen LogP contribution in [0.3, 0.4) is 0 Å². The number of benzene rings is 1. The van der Waals surface area contributed by atoms with E-state index >= 15 is 0 Å². The molecule has 1 amide bonds. The van der Waals surface area contributed by atoms with Crippen LogP contribution in [0.15, 0.2) is 24.3 Å². The topological polar surface area (TPSA) is 70.2 Å². The van der Waals surface area contributed by atoms with Crippen LogP contribution in [0.1, 0.15) is 44.3 Å². The van der Waals surface area contributed by atoms with Gasteiger partial charge in [-0.1, -0.05) is 12.1 Å². The second kappa shape index (κ2) is 8.85. The predicted molar refractivity (Wildman–Crippen MR) is 105 cm³/mol. The number of amides is 1. The van der Waals surface area contributed by atoms with Crippen LogP contribution in [-0.2, 0) is 16.1 Å². The minimum Gasteiger partial charge on any atom is -0.376 e. The summed E-state index contributed by atoms with van der Waals surface area (Å²) in [7, 11) is 0. The van der Waals surface area contributed by atoms with Crippen molar-refractivity contribution in [3.63, 3.8) is 0 Å². The van der Waals surface area contributed by atoms with Crippen molar-refractivity contribution < 1.29 is 9.53 Å². The molecule has 3 heterocycles. The Morgan fingerprint density at radius 2 is 2.11 bits per heavy atom. The van der Waals surface area contributed by atoms with Crippen molar-refractivity contribution in [3.8, 4) is 0 Å². The molecule has 0 saturated carbocycles. The fraction of sp³-hybridized carbons (Fsp3) is 0.619. The van der Waals surface area contributed by atoms with E-state index in [0.29, 0.717) is 18.9 Å². The van der Waals surface area contributed by atoms with Crippen LogP contribution in [0.25, 0.3) is 11.0 Å². The average molecular weight is 370 g/mol. The molecule has 2 fully saturated rings. The third-order valence-corrected chi connectivity index (χ3v) is 5.85. The number of rotatable bonds is 7. The van der Waals surface area contributed by atoms with Crippen LogP contribution >= 0.6 is 0 Å². The van der Waals surface area contributed by atoms with Crippen molar-refractivity contribution in [2.24, 2.45) is 5.92 Å². The summed E-state index contributed by atoms with van der Waals surface area (Å²) in [5.41, 5.74) is 2.15. The first-order valence-electron chi connectivity index (χ1n) is 10.3. The van der Waals surface area contributed by atoms with Crippen LogP contribution < -0.4 is 5.32 Å². The zero-order valence-electron chi connectivity index (χ0n) is 16.0. The summed E-state index contributed by atoms with van der Waals surface area (Å²) in [6, 6.07) is 8.18. The van der Waals surface area contributed by atoms with Gasteiger partial charge in [-0.25, -0.2) is 4.98 Å². The number of aromatic amines is 1. The lowest BCUT2D eigenvalue weighted by Gasteiger charge is -2.31. The Kier molecular flexibility index (Phi) is 6.04. The zero-order valence-corrected chi connectivity index (χ0v) is 16.0. The summed E-state index contributed by atoms with van der Waals surface area (Å²) >= 11 is 0. The second-order valence-electron chi connectivity index (χ2n) is 7.90. The third kappa shape index (κ3) is 5.08. The summed E-state index contributed by atoms with van der Waals surface area (Å²) < 4.78 is 5.55. The Bertz CT molecular complexity index is 712. The van der Waals surface area contributed by atoms with Gasteiger partial charge in [0.15, 0.2) is 0 Å². The van der Waals surface area contributed by atoms with Gasteiger partial charge < -0.3 is 15.0 Å². The molecule has 0 radical (unpaired) electrons. The van der Waals surface area contributed by atoms with E-state index in [4.69, 9.17) is 4.74 Å². The lowest BCUT2D eigenvalue weighted by molar-refractivity contribution is -0.122. The Labute approximate surface area is 160 Å². The van der Waals surface area contributed by atoms with Crippen LogP contribution in [0.4, 0.5) is 0 Å². The average Bonchev–Trinajstić information content (AvgIpc) is 3.35. The van der Waals surface area contributed by atoms with Gasteiger partial charge in [0.2, 0.25) is 5.91 Å². The molecule has 2 N–H and O–H groups in total. The zero-order chi connectivity index (χ0) is 18.5. The van der Waals surface area contributed by atoms with Crippen molar-refractivity contribution in [1.82, 2.24) is 20.2 Å². The van der Waals surface area contributed by atoms with Crippen molar-refractivity contribution in [2.75, 3.05) is 26.2 Å². The SMILES string of the molecule is O=C(CCC1CCN(Cc2nc3ccccc3[nH]2)CC1)NC[C@@H]1CCCO1. The van der Waals surface area contributed by atoms with E-state index in [0.717, 1.165) is 62.4 Å². The molecule has 6 nitrogen and oxygen atoms in total. The Morgan fingerprint density at radius 1 is 1.26 bits per heavy atom. The number of aromatic nitrogens is 2. The number of nitrogens with zero attached hydrogens (tertiary/aromatic N) is 2. The van der Waals surface area contributed by atoms with Gasteiger partial charge >= 0.3 is 0 Å². The van der Waals surface area contributed by atoms with E-state index in [2.05, 4.69) is 26.3 Å². The predicted octanol–water partition coefficient (Wildman–Crippen LogP) is 2.85. The van der Waals surface area contributed by atoms with Crippen LogP contribution in [0, 0.1) is 5.92 Å². The van der Waals surface area contributed by atoms with E-state index in [9.17, 15) is 4.79 Å². The molecular formula is C21H30N4O2. The number of H-pyrrole nitrogens is 1. The van der Waals surface area contributed by atoms with E-state index in [1.807, 2.05) is 18.2 Å². The molecule has 0 aliphatic carbocycles. The maximum atomic E-state index is 12.0. The van der Waals surface area contributed by atoms with Gasteiger partial charge in [-0.15, -0.1) is 0 Å². The highest BCUT2D eigenvalue weighted by atomic mass is 16.5. The number of hydrogen-bond acceptors (Lipinski definition) is 4. The molecule has 1 atom stereocenters. The van der Waals surface area contributed by atoms with E-state index in [1.165, 1.54) is 12.8 Å². The largest absolute Gasteiger partial charge is 0.376 e. The molecule has 4 rings (SSSR count). The minimum absolute atomic E-state index is 0.176. The fourth-order valence-electron chi connectivity index (χ4n) is 4.18. The number of carbonyl (C=O) groups excluding carboxylic acids is 1. The highest BCUT2D eigenvalue weighted by Crippen LogP contribution is 2.23. The molecule has 1 aromatic carbocycles. The van der Waals surface area contributed by atoms with E-state index in [-0.39, 0.29) is 12.0 Å². The summed E-state index contributed by atoms with van der Waals surface area (Å²) in [6.07, 6.45) is 6.39. The standard InChI is InChI=1S/C21H30N4O2/c26-21(22-14-17-4-3-13-27-17)8-7-16-9-11-25(12-10-16)15-20-23-18-5-1-2-6-19(18)24-20/h1-2,5-6,16-17H,3-4,7-15H2,(H,22,26)(H,23,24)/t17-/m0/s1. The summed E-state index contributed by atoms with van der Waals surface area (Å²) in [6.45, 7) is 4.56. The first-order valence-corrected chi connectivity index (χ1v) is 10.3. The number of fused-ring (bicyclic) bond motifs is 1. The van der Waals surface area contributed by atoms with Gasteiger partial charge in [-0.3, -0.25) is 9.69 Å². The first-order chi connectivity index (χ1) is 13.3. The molecule has 0 unspecified atom stereocenters. The van der Waals surface area contributed by atoms with E-state index in [1.54, 1.807) is 0 Å². The number of para-hydroxylation sites is 2. The fourth-order valence-corrected chi connectivity index (χ4v) is 4.18. The van der Waals surface area contributed by atoms with Gasteiger partial charge in [0.1, 0.15) is 5.82 Å². The van der Waals surface area contributed by atoms with Crippen LogP contribution in [-0.4, -0.2) is 53.1 Å². The molecule has 2 aromatic rings. The summed E-state index contributed by atoms with van der Waals surface area (Å²) in [5.74, 6) is 1.88. The molecule has 0 spiro atoms. The number of ether oxygens (including phenoxy) is 1. The summed E-state index contributed by atoms with van der Waals surface area (Å²) in [5, 5.41) is 3.03. The lowest BCUT2D eigenvalue weighted by atomic mass is 9.92. The summed E-state index contributed by atoms with van der Waals surface area (Å²) in [4.78, 5) is 22.6. The second-order valence-corrected chi connectivity index (χ2v) is 7.90. The van der Waals surface area contributed by atoms with Gasteiger partial charge in [0.25, 0.3) is 0 Å². The third-order valence-electron chi connectivity index (χ3n) is 5.85. The molecule has 2 aliphatic rings. The van der Waals surface area contributed by atoms with Crippen molar-refractivity contribution >= 4 is 16.9 Å². The van der Waals surface area contributed by atoms with Crippen molar-refractivity contribution in [3.05, 3.63) is 30.1 Å². The van der Waals surface area contributed by atoms with Crippen LogP contribution in [0.5, 0.6) is 0 Å². The molecule has 6 heteroatoms. The highest BCUT2D eigenvalue weighted by Gasteiger charge is 2.21. The van der Waals surface area contributed by atoms with Gasteiger partial charge in [-0.2, -0.15) is 0 Å². The molecule has 1 aromatic heterocycles. The molecule has 0 bridgehead atoms. The lowest BCUT2D eigenvalue weighted by Crippen LogP contribution is -2.35. The Morgan fingerprint density at radius 3 is 2.89 bits per heavy atom. The van der Waals surface area contributed by atoms with Gasteiger partial charge in [0.05, 0.1) is 23.7 Å². The molecular weight excluding hydrogens is 340 g/mol. The van der Waals surface area contributed by atoms with E-state index < -0.39 is 0 Å². The molecule has 2 aliphatic heterocycles. The van der Waals surface area contributed by atoms with Crippen molar-refractivity contribution in [2.45, 2.75) is 51.2 Å². The first kappa shape index (κ1) is 18.4. The maximum Gasteiger partial charge on any atom is 0.220 e. The number of hydrogen-bond donors (Lipinski definition) is 2. The van der Waals surface area contributed by atoms with Gasteiger partial charge in [-0.05, 0) is 63.2 Å². The molecule has 2 saturated heterocycles.